The summed E-state index contributed by atoms with van der Waals surface area (Å²) in [5, 5.41) is 9.32. The molecule has 0 aromatic heterocycles. The van der Waals surface area contributed by atoms with Crippen molar-refractivity contribution in [3.05, 3.63) is 28.2 Å². The molecule has 0 saturated carbocycles. The van der Waals surface area contributed by atoms with Crippen LogP contribution in [-0.4, -0.2) is 23.5 Å². The molecule has 0 heterocycles. The third kappa shape index (κ3) is 3.91. The Morgan fingerprint density at radius 1 is 1.29 bits per heavy atom. The number of carbonyl (C=O) groups is 2. The van der Waals surface area contributed by atoms with Gasteiger partial charge in [0.15, 0.2) is 0 Å². The van der Waals surface area contributed by atoms with E-state index in [1.54, 1.807) is 12.1 Å². The summed E-state index contributed by atoms with van der Waals surface area (Å²) >= 11 is 11.6. The predicted octanol–water partition coefficient (Wildman–Crippen LogP) is 2.82. The van der Waals surface area contributed by atoms with E-state index in [0.717, 1.165) is 0 Å². The van der Waals surface area contributed by atoms with Gasteiger partial charge in [-0.2, -0.15) is 0 Å². The molecule has 0 aliphatic carbocycles. The summed E-state index contributed by atoms with van der Waals surface area (Å²) in [6, 6.07) is 4.72. The lowest BCUT2D eigenvalue weighted by Crippen LogP contribution is -2.30. The zero-order valence-electron chi connectivity index (χ0n) is 9.11. The van der Waals surface area contributed by atoms with Crippen LogP contribution in [0.3, 0.4) is 0 Å². The number of carboxylic acid groups (broad SMARTS) is 1. The lowest BCUT2D eigenvalue weighted by molar-refractivity contribution is -0.136. The Hall–Kier alpha value is -1.26. The molecule has 0 unspecified atom stereocenters. The van der Waals surface area contributed by atoms with E-state index in [0.29, 0.717) is 15.7 Å². The first-order valence-corrected chi connectivity index (χ1v) is 5.62. The van der Waals surface area contributed by atoms with Gasteiger partial charge < -0.3 is 10.0 Å². The highest BCUT2D eigenvalue weighted by Crippen LogP contribution is 2.27. The zero-order chi connectivity index (χ0) is 13.0. The minimum Gasteiger partial charge on any atom is -0.481 e. The number of hydrogen-bond acceptors (Lipinski definition) is 2. The first-order chi connectivity index (χ1) is 7.91. The van der Waals surface area contributed by atoms with Crippen LogP contribution < -0.4 is 4.90 Å². The lowest BCUT2D eigenvalue weighted by atomic mass is 10.2. The van der Waals surface area contributed by atoms with Gasteiger partial charge >= 0.3 is 5.97 Å². The molecule has 1 N–H and O–H groups in total. The molecule has 4 nitrogen and oxygen atoms in total. The van der Waals surface area contributed by atoms with E-state index in [-0.39, 0.29) is 18.9 Å². The Morgan fingerprint density at radius 2 is 1.94 bits per heavy atom. The minimum atomic E-state index is -0.962. The summed E-state index contributed by atoms with van der Waals surface area (Å²) < 4.78 is 0. The fourth-order valence-electron chi connectivity index (χ4n) is 1.33. The van der Waals surface area contributed by atoms with Crippen LogP contribution in [0.2, 0.25) is 10.0 Å². The molecule has 0 spiro atoms. The van der Waals surface area contributed by atoms with Crippen LogP contribution >= 0.6 is 23.2 Å². The standard InChI is InChI=1S/C11H11Cl2NO3/c1-7(15)14(5-4-11(16)17)8-2-3-9(12)10(13)6-8/h2-3,6H,4-5H2,1H3,(H,16,17). The Morgan fingerprint density at radius 3 is 2.41 bits per heavy atom. The molecule has 0 fully saturated rings. The van der Waals surface area contributed by atoms with Crippen LogP contribution in [0.4, 0.5) is 5.69 Å². The van der Waals surface area contributed by atoms with Gasteiger partial charge in [-0.15, -0.1) is 0 Å². The van der Waals surface area contributed by atoms with Crippen molar-refractivity contribution in [2.75, 3.05) is 11.4 Å². The quantitative estimate of drug-likeness (QED) is 0.919. The van der Waals surface area contributed by atoms with E-state index < -0.39 is 5.97 Å². The maximum atomic E-state index is 11.4. The van der Waals surface area contributed by atoms with Crippen molar-refractivity contribution >= 4 is 40.8 Å². The van der Waals surface area contributed by atoms with E-state index in [1.807, 2.05) is 0 Å². The maximum absolute atomic E-state index is 11.4. The first kappa shape index (κ1) is 13.8. The molecule has 1 aromatic carbocycles. The third-order valence-corrected chi connectivity index (χ3v) is 2.88. The van der Waals surface area contributed by atoms with Crippen molar-refractivity contribution in [2.24, 2.45) is 0 Å². The highest BCUT2D eigenvalue weighted by atomic mass is 35.5. The van der Waals surface area contributed by atoms with E-state index >= 15 is 0 Å². The smallest absolute Gasteiger partial charge is 0.305 e. The number of rotatable bonds is 4. The molecule has 0 aliphatic heterocycles. The van der Waals surface area contributed by atoms with Crippen molar-refractivity contribution in [3.8, 4) is 0 Å². The molecule has 17 heavy (non-hydrogen) atoms. The average molecular weight is 276 g/mol. The molecule has 1 amide bonds. The van der Waals surface area contributed by atoms with Crippen LogP contribution in [0.5, 0.6) is 0 Å². The molecule has 0 radical (unpaired) electrons. The molecule has 0 saturated heterocycles. The molecule has 0 bridgehead atoms. The maximum Gasteiger partial charge on any atom is 0.305 e. The van der Waals surface area contributed by atoms with E-state index in [4.69, 9.17) is 28.3 Å². The highest BCUT2D eigenvalue weighted by Gasteiger charge is 2.14. The number of carbonyl (C=O) groups excluding carboxylic acids is 1. The molecular formula is C11H11Cl2NO3. The number of amides is 1. The van der Waals surface area contributed by atoms with E-state index in [2.05, 4.69) is 0 Å². The Balaban J connectivity index is 2.93. The molecule has 0 atom stereocenters. The number of benzene rings is 1. The van der Waals surface area contributed by atoms with Gasteiger partial charge in [0.25, 0.3) is 0 Å². The fourth-order valence-corrected chi connectivity index (χ4v) is 1.62. The van der Waals surface area contributed by atoms with Crippen molar-refractivity contribution < 1.29 is 14.7 Å². The Bertz CT molecular complexity index is 448. The molecule has 6 heteroatoms. The van der Waals surface area contributed by atoms with Crippen LogP contribution in [-0.2, 0) is 9.59 Å². The monoisotopic (exact) mass is 275 g/mol. The average Bonchev–Trinajstić information content (AvgIpc) is 2.22. The minimum absolute atomic E-state index is 0.0998. The van der Waals surface area contributed by atoms with Crippen molar-refractivity contribution in [1.82, 2.24) is 0 Å². The SMILES string of the molecule is CC(=O)N(CCC(=O)O)c1ccc(Cl)c(Cl)c1. The number of hydrogen-bond donors (Lipinski definition) is 1. The largest absolute Gasteiger partial charge is 0.481 e. The second-order valence-corrected chi connectivity index (χ2v) is 4.23. The summed E-state index contributed by atoms with van der Waals surface area (Å²) in [4.78, 5) is 23.2. The highest BCUT2D eigenvalue weighted by molar-refractivity contribution is 6.42. The number of halogens is 2. The van der Waals surface area contributed by atoms with Crippen molar-refractivity contribution in [2.45, 2.75) is 13.3 Å². The van der Waals surface area contributed by atoms with Crippen LogP contribution in [0.15, 0.2) is 18.2 Å². The van der Waals surface area contributed by atoms with Gasteiger partial charge in [-0.05, 0) is 18.2 Å². The van der Waals surface area contributed by atoms with Gasteiger partial charge in [-0.25, -0.2) is 0 Å². The third-order valence-electron chi connectivity index (χ3n) is 2.14. The van der Waals surface area contributed by atoms with Gasteiger partial charge in [0.2, 0.25) is 5.91 Å². The van der Waals surface area contributed by atoms with Gasteiger partial charge in [0, 0.05) is 19.2 Å². The fraction of sp³-hybridized carbons (Fsp3) is 0.273. The normalized spacial score (nSPS) is 10.1. The summed E-state index contributed by atoms with van der Waals surface area (Å²) in [5.74, 6) is -1.21. The molecule has 92 valence electrons. The van der Waals surface area contributed by atoms with Crippen LogP contribution in [0, 0.1) is 0 Å². The van der Waals surface area contributed by atoms with Gasteiger partial charge in [-0.1, -0.05) is 23.2 Å². The van der Waals surface area contributed by atoms with Crippen LogP contribution in [0.1, 0.15) is 13.3 Å². The topological polar surface area (TPSA) is 57.6 Å². The molecule has 1 aromatic rings. The lowest BCUT2D eigenvalue weighted by Gasteiger charge is -2.20. The first-order valence-electron chi connectivity index (χ1n) is 4.86. The van der Waals surface area contributed by atoms with Crippen molar-refractivity contribution in [1.29, 1.82) is 0 Å². The second kappa shape index (κ2) is 5.89. The summed E-state index contributed by atoms with van der Waals surface area (Å²) in [6.07, 6.45) is -0.125. The van der Waals surface area contributed by atoms with E-state index in [1.165, 1.54) is 17.9 Å². The molecular weight excluding hydrogens is 265 g/mol. The second-order valence-electron chi connectivity index (χ2n) is 3.41. The summed E-state index contributed by atoms with van der Waals surface area (Å²) in [6.45, 7) is 1.47. The predicted molar refractivity (Wildman–Crippen MR) is 66.7 cm³/mol. The van der Waals surface area contributed by atoms with E-state index in [9.17, 15) is 9.59 Å². The van der Waals surface area contributed by atoms with Crippen molar-refractivity contribution in [3.63, 3.8) is 0 Å². The molecule has 1 rings (SSSR count). The summed E-state index contributed by atoms with van der Waals surface area (Å²) in [5.41, 5.74) is 0.535. The number of aliphatic carboxylic acids is 1. The Kier molecular flexibility index (Phi) is 4.78. The number of anilines is 1. The Labute approximate surface area is 109 Å². The number of nitrogens with zero attached hydrogens (tertiary/aromatic N) is 1. The van der Waals surface area contributed by atoms with Gasteiger partial charge in [-0.3, -0.25) is 9.59 Å². The number of carboxylic acids is 1. The van der Waals surface area contributed by atoms with Gasteiger partial charge in [0.05, 0.1) is 16.5 Å². The summed E-state index contributed by atoms with van der Waals surface area (Å²) in [7, 11) is 0. The van der Waals surface area contributed by atoms with Gasteiger partial charge in [0.1, 0.15) is 0 Å². The molecule has 0 aliphatic rings. The van der Waals surface area contributed by atoms with Crippen LogP contribution in [0.25, 0.3) is 0 Å². The zero-order valence-corrected chi connectivity index (χ0v) is 10.6.